The fourth-order valence-electron chi connectivity index (χ4n) is 2.60. The van der Waals surface area contributed by atoms with Gasteiger partial charge in [0.1, 0.15) is 0 Å². The zero-order valence-electron chi connectivity index (χ0n) is 13.7. The minimum atomic E-state index is 0.845. The average Bonchev–Trinajstić information content (AvgIpc) is 3.14. The van der Waals surface area contributed by atoms with Crippen molar-refractivity contribution in [2.75, 3.05) is 7.05 Å². The summed E-state index contributed by atoms with van der Waals surface area (Å²) < 4.78 is 1.87. The van der Waals surface area contributed by atoms with E-state index < -0.39 is 0 Å². The van der Waals surface area contributed by atoms with Gasteiger partial charge in [-0.05, 0) is 25.6 Å². The molecule has 23 heavy (non-hydrogen) atoms. The van der Waals surface area contributed by atoms with Crippen LogP contribution in [0.3, 0.4) is 0 Å². The maximum absolute atomic E-state index is 4.60. The van der Waals surface area contributed by atoms with E-state index in [1.54, 1.807) is 17.5 Å². The second kappa shape index (κ2) is 7.02. The van der Waals surface area contributed by atoms with Crippen LogP contribution >= 0.6 is 11.3 Å². The van der Waals surface area contributed by atoms with Crippen LogP contribution in [0.25, 0.3) is 11.3 Å². The summed E-state index contributed by atoms with van der Waals surface area (Å²) in [5.41, 5.74) is 3.27. The van der Waals surface area contributed by atoms with Gasteiger partial charge < -0.3 is 0 Å². The molecule has 0 aliphatic rings. The van der Waals surface area contributed by atoms with Crippen LogP contribution < -0.4 is 0 Å². The summed E-state index contributed by atoms with van der Waals surface area (Å²) in [5, 5.41) is 5.80. The highest BCUT2D eigenvalue weighted by Crippen LogP contribution is 2.23. The Morgan fingerprint density at radius 3 is 2.83 bits per heavy atom. The van der Waals surface area contributed by atoms with E-state index >= 15 is 0 Å². The third-order valence-corrected chi connectivity index (χ3v) is 4.74. The Labute approximate surface area is 140 Å². The molecule has 0 N–H and O–H groups in total. The Morgan fingerprint density at radius 1 is 1.26 bits per heavy atom. The van der Waals surface area contributed by atoms with E-state index in [0.717, 1.165) is 30.8 Å². The largest absolute Gasteiger partial charge is 0.297 e. The normalized spacial score (nSPS) is 11.3. The summed E-state index contributed by atoms with van der Waals surface area (Å²) in [6, 6.07) is 4.00. The Bertz CT molecular complexity index is 762. The van der Waals surface area contributed by atoms with Gasteiger partial charge in [-0.1, -0.05) is 6.92 Å². The van der Waals surface area contributed by atoms with Gasteiger partial charge in [-0.2, -0.15) is 5.10 Å². The van der Waals surface area contributed by atoms with Crippen LogP contribution in [0.4, 0.5) is 0 Å². The summed E-state index contributed by atoms with van der Waals surface area (Å²) >= 11 is 1.79. The Kier molecular flexibility index (Phi) is 4.83. The van der Waals surface area contributed by atoms with Gasteiger partial charge >= 0.3 is 0 Å². The smallest absolute Gasteiger partial charge is 0.0983 e. The van der Waals surface area contributed by atoms with Crippen LogP contribution in [0.15, 0.2) is 36.9 Å². The van der Waals surface area contributed by atoms with Crippen molar-refractivity contribution in [3.8, 4) is 11.3 Å². The molecule has 0 radical (unpaired) electrons. The number of pyridine rings is 1. The molecule has 0 atom stereocenters. The Balaban J connectivity index is 1.75. The molecule has 5 nitrogen and oxygen atoms in total. The number of aromatic nitrogens is 4. The predicted octanol–water partition coefficient (Wildman–Crippen LogP) is 3.13. The second-order valence-corrected chi connectivity index (χ2v) is 6.86. The van der Waals surface area contributed by atoms with E-state index in [1.165, 1.54) is 15.4 Å². The van der Waals surface area contributed by atoms with Crippen LogP contribution in [0, 0.1) is 0 Å². The predicted molar refractivity (Wildman–Crippen MR) is 93.1 cm³/mol. The first-order valence-electron chi connectivity index (χ1n) is 7.70. The molecule has 0 unspecified atom stereocenters. The van der Waals surface area contributed by atoms with Crippen LogP contribution in [-0.2, 0) is 26.6 Å². The summed E-state index contributed by atoms with van der Waals surface area (Å²) in [4.78, 5) is 12.2. The molecule has 0 saturated carbocycles. The molecule has 0 aliphatic carbocycles. The third-order valence-electron chi connectivity index (χ3n) is 3.61. The third kappa shape index (κ3) is 3.83. The maximum atomic E-state index is 4.60. The Hall–Kier alpha value is -2.05. The summed E-state index contributed by atoms with van der Waals surface area (Å²) in [7, 11) is 4.09. The lowest BCUT2D eigenvalue weighted by atomic mass is 10.1. The van der Waals surface area contributed by atoms with Gasteiger partial charge in [0.15, 0.2) is 0 Å². The van der Waals surface area contributed by atoms with E-state index in [9.17, 15) is 0 Å². The van der Waals surface area contributed by atoms with E-state index in [2.05, 4.69) is 46.2 Å². The minimum Gasteiger partial charge on any atom is -0.297 e. The topological polar surface area (TPSA) is 46.8 Å². The maximum Gasteiger partial charge on any atom is 0.0983 e. The van der Waals surface area contributed by atoms with E-state index in [0.29, 0.717) is 0 Å². The van der Waals surface area contributed by atoms with Crippen LogP contribution in [0.5, 0.6) is 0 Å². The number of rotatable bonds is 6. The zero-order chi connectivity index (χ0) is 16.2. The molecular weight excluding hydrogens is 306 g/mol. The number of hydrogen-bond donors (Lipinski definition) is 0. The second-order valence-electron chi connectivity index (χ2n) is 5.66. The average molecular weight is 327 g/mol. The fraction of sp³-hybridized carbons (Fsp3) is 0.353. The molecular formula is C17H21N5S. The molecule has 3 aromatic heterocycles. The van der Waals surface area contributed by atoms with Gasteiger partial charge in [-0.15, -0.1) is 11.3 Å². The van der Waals surface area contributed by atoms with Crippen molar-refractivity contribution >= 4 is 11.3 Å². The van der Waals surface area contributed by atoms with Crippen LogP contribution in [0.2, 0.25) is 0 Å². The quantitative estimate of drug-likeness (QED) is 0.698. The highest BCUT2D eigenvalue weighted by Gasteiger charge is 2.13. The standard InChI is InChI=1S/C17H21N5S/c1-4-16-19-9-15(23-16)12-21(2)10-14-11-22(3)20-17(14)13-6-5-7-18-8-13/h5-9,11H,4,10,12H2,1-3H3. The van der Waals surface area contributed by atoms with Gasteiger partial charge in [-0.3, -0.25) is 14.6 Å². The van der Waals surface area contributed by atoms with Gasteiger partial charge in [-0.25, -0.2) is 4.98 Å². The summed E-state index contributed by atoms with van der Waals surface area (Å²) in [5.74, 6) is 0. The molecule has 0 bridgehead atoms. The summed E-state index contributed by atoms with van der Waals surface area (Å²) in [6.45, 7) is 3.89. The lowest BCUT2D eigenvalue weighted by Gasteiger charge is -2.15. The highest BCUT2D eigenvalue weighted by molar-refractivity contribution is 7.11. The molecule has 0 fully saturated rings. The van der Waals surface area contributed by atoms with Crippen LogP contribution in [0.1, 0.15) is 22.4 Å². The van der Waals surface area contributed by atoms with E-state index in [-0.39, 0.29) is 0 Å². The molecule has 3 rings (SSSR count). The van der Waals surface area contributed by atoms with Gasteiger partial charge in [0, 0.05) is 60.9 Å². The molecule has 6 heteroatoms. The fourth-order valence-corrected chi connectivity index (χ4v) is 3.54. The van der Waals surface area contributed by atoms with Gasteiger partial charge in [0.2, 0.25) is 0 Å². The molecule has 0 aliphatic heterocycles. The first-order valence-corrected chi connectivity index (χ1v) is 8.52. The van der Waals surface area contributed by atoms with Crippen molar-refractivity contribution in [1.29, 1.82) is 0 Å². The lowest BCUT2D eigenvalue weighted by molar-refractivity contribution is 0.322. The van der Waals surface area contributed by atoms with Crippen molar-refractivity contribution < 1.29 is 0 Å². The van der Waals surface area contributed by atoms with E-state index in [4.69, 9.17) is 0 Å². The molecule has 0 spiro atoms. The van der Waals surface area contributed by atoms with Crippen molar-refractivity contribution in [3.05, 3.63) is 52.4 Å². The molecule has 120 valence electrons. The number of hydrogen-bond acceptors (Lipinski definition) is 5. The minimum absolute atomic E-state index is 0.845. The SMILES string of the molecule is CCc1ncc(CN(C)Cc2cn(C)nc2-c2cccnc2)s1. The Morgan fingerprint density at radius 2 is 2.13 bits per heavy atom. The first kappa shape index (κ1) is 15.8. The summed E-state index contributed by atoms with van der Waals surface area (Å²) in [6.07, 6.45) is 8.73. The van der Waals surface area contributed by atoms with Crippen LogP contribution in [-0.4, -0.2) is 31.7 Å². The highest BCUT2D eigenvalue weighted by atomic mass is 32.1. The number of thiazole rings is 1. The van der Waals surface area contributed by atoms with Gasteiger partial charge in [0.25, 0.3) is 0 Å². The molecule has 0 saturated heterocycles. The van der Waals surface area contributed by atoms with E-state index in [1.807, 2.05) is 30.2 Å². The van der Waals surface area contributed by atoms with Crippen molar-refractivity contribution in [3.63, 3.8) is 0 Å². The van der Waals surface area contributed by atoms with Crippen molar-refractivity contribution in [1.82, 2.24) is 24.6 Å². The molecule has 0 aromatic carbocycles. The number of nitrogens with zero attached hydrogens (tertiary/aromatic N) is 5. The monoisotopic (exact) mass is 327 g/mol. The molecule has 3 heterocycles. The molecule has 0 amide bonds. The van der Waals surface area contributed by atoms with Crippen molar-refractivity contribution in [2.45, 2.75) is 26.4 Å². The number of aryl methyl sites for hydroxylation is 2. The zero-order valence-corrected chi connectivity index (χ0v) is 14.5. The van der Waals surface area contributed by atoms with Gasteiger partial charge in [0.05, 0.1) is 10.7 Å². The first-order chi connectivity index (χ1) is 11.2. The van der Waals surface area contributed by atoms with Crippen molar-refractivity contribution in [2.24, 2.45) is 7.05 Å². The lowest BCUT2D eigenvalue weighted by Crippen LogP contribution is -2.16. The molecule has 3 aromatic rings.